The van der Waals surface area contributed by atoms with E-state index in [4.69, 9.17) is 9.47 Å². The zero-order valence-corrected chi connectivity index (χ0v) is 16.6. The second-order valence-corrected chi connectivity index (χ2v) is 6.04. The van der Waals surface area contributed by atoms with Crippen LogP contribution in [0, 0.1) is 0 Å². The SMILES string of the molecule is CCNC(=NCC(C)Oc1ccc(OC)cc1)NCCn1cnnc1CC. The number of ether oxygens (including phenoxy) is 2. The minimum Gasteiger partial charge on any atom is -0.497 e. The molecule has 1 aromatic carbocycles. The smallest absolute Gasteiger partial charge is 0.191 e. The van der Waals surface area contributed by atoms with Gasteiger partial charge in [-0.3, -0.25) is 0 Å². The van der Waals surface area contributed by atoms with Crippen molar-refractivity contribution in [3.63, 3.8) is 0 Å². The van der Waals surface area contributed by atoms with Gasteiger partial charge < -0.3 is 24.7 Å². The Hall–Kier alpha value is -2.77. The molecule has 0 saturated carbocycles. The maximum absolute atomic E-state index is 5.90. The lowest BCUT2D eigenvalue weighted by atomic mass is 10.3. The first-order valence-electron chi connectivity index (χ1n) is 9.35. The number of guanidine groups is 1. The van der Waals surface area contributed by atoms with Crippen LogP contribution in [-0.4, -0.2) is 53.6 Å². The Kier molecular flexibility index (Phi) is 8.41. The summed E-state index contributed by atoms with van der Waals surface area (Å²) in [7, 11) is 1.65. The molecule has 0 amide bonds. The topological polar surface area (TPSA) is 85.6 Å². The molecule has 1 atom stereocenters. The summed E-state index contributed by atoms with van der Waals surface area (Å²) in [4.78, 5) is 4.61. The summed E-state index contributed by atoms with van der Waals surface area (Å²) in [6.45, 7) is 9.00. The van der Waals surface area contributed by atoms with E-state index < -0.39 is 0 Å². The van der Waals surface area contributed by atoms with Gasteiger partial charge in [0.05, 0.1) is 13.7 Å². The van der Waals surface area contributed by atoms with Gasteiger partial charge in [0, 0.05) is 26.1 Å². The molecule has 0 aliphatic rings. The molecule has 0 bridgehead atoms. The zero-order chi connectivity index (χ0) is 19.5. The van der Waals surface area contributed by atoms with Gasteiger partial charge in [-0.05, 0) is 38.1 Å². The number of rotatable bonds is 10. The van der Waals surface area contributed by atoms with E-state index in [2.05, 4.69) is 32.7 Å². The van der Waals surface area contributed by atoms with Crippen LogP contribution >= 0.6 is 0 Å². The fourth-order valence-corrected chi connectivity index (χ4v) is 2.52. The molecule has 8 heteroatoms. The molecule has 0 radical (unpaired) electrons. The molecule has 2 aromatic rings. The molecule has 27 heavy (non-hydrogen) atoms. The summed E-state index contributed by atoms with van der Waals surface area (Å²) in [5, 5.41) is 14.6. The molecular weight excluding hydrogens is 344 g/mol. The van der Waals surface area contributed by atoms with Gasteiger partial charge in [-0.1, -0.05) is 6.92 Å². The highest BCUT2D eigenvalue weighted by molar-refractivity contribution is 5.79. The van der Waals surface area contributed by atoms with Crippen molar-refractivity contribution in [2.75, 3.05) is 26.7 Å². The van der Waals surface area contributed by atoms with Gasteiger partial charge in [-0.25, -0.2) is 4.99 Å². The van der Waals surface area contributed by atoms with Crippen LogP contribution in [0.15, 0.2) is 35.6 Å². The van der Waals surface area contributed by atoms with E-state index in [0.717, 1.165) is 49.3 Å². The first-order valence-corrected chi connectivity index (χ1v) is 9.35. The summed E-state index contributed by atoms with van der Waals surface area (Å²) in [6, 6.07) is 7.55. The van der Waals surface area contributed by atoms with Gasteiger partial charge in [0.25, 0.3) is 0 Å². The number of aryl methyl sites for hydroxylation is 1. The van der Waals surface area contributed by atoms with Crippen molar-refractivity contribution in [3.8, 4) is 11.5 Å². The van der Waals surface area contributed by atoms with Gasteiger partial charge in [0.2, 0.25) is 0 Å². The highest BCUT2D eigenvalue weighted by Crippen LogP contribution is 2.18. The molecule has 1 aromatic heterocycles. The zero-order valence-electron chi connectivity index (χ0n) is 16.6. The molecule has 0 spiro atoms. The van der Waals surface area contributed by atoms with Crippen molar-refractivity contribution in [2.45, 2.75) is 39.8 Å². The Balaban J connectivity index is 1.82. The lowest BCUT2D eigenvalue weighted by Crippen LogP contribution is -2.39. The normalized spacial score (nSPS) is 12.5. The van der Waals surface area contributed by atoms with Crippen LogP contribution in [0.2, 0.25) is 0 Å². The maximum atomic E-state index is 5.90. The van der Waals surface area contributed by atoms with Crippen molar-refractivity contribution in [3.05, 3.63) is 36.4 Å². The minimum atomic E-state index is -0.0432. The molecule has 1 unspecified atom stereocenters. The van der Waals surface area contributed by atoms with Crippen LogP contribution in [0.1, 0.15) is 26.6 Å². The first kappa shape index (κ1) is 20.5. The predicted molar refractivity (Wildman–Crippen MR) is 106 cm³/mol. The van der Waals surface area contributed by atoms with Crippen molar-refractivity contribution in [1.82, 2.24) is 25.4 Å². The van der Waals surface area contributed by atoms with Crippen molar-refractivity contribution in [2.24, 2.45) is 4.99 Å². The van der Waals surface area contributed by atoms with Crippen molar-refractivity contribution >= 4 is 5.96 Å². The number of aliphatic imine (C=N–C) groups is 1. The third-order valence-corrected chi connectivity index (χ3v) is 3.90. The molecule has 0 aliphatic heterocycles. The van der Waals surface area contributed by atoms with E-state index in [1.807, 2.05) is 42.7 Å². The molecule has 1 heterocycles. The lowest BCUT2D eigenvalue weighted by molar-refractivity contribution is 0.230. The van der Waals surface area contributed by atoms with Gasteiger partial charge in [-0.2, -0.15) is 0 Å². The number of nitrogens with zero attached hydrogens (tertiary/aromatic N) is 4. The molecule has 0 fully saturated rings. The number of aromatic nitrogens is 3. The van der Waals surface area contributed by atoms with Crippen LogP contribution in [-0.2, 0) is 13.0 Å². The van der Waals surface area contributed by atoms with E-state index in [9.17, 15) is 0 Å². The van der Waals surface area contributed by atoms with Crippen LogP contribution < -0.4 is 20.1 Å². The highest BCUT2D eigenvalue weighted by atomic mass is 16.5. The Morgan fingerprint density at radius 2 is 1.93 bits per heavy atom. The van der Waals surface area contributed by atoms with Crippen molar-refractivity contribution in [1.29, 1.82) is 0 Å². The van der Waals surface area contributed by atoms with Crippen molar-refractivity contribution < 1.29 is 9.47 Å². The van der Waals surface area contributed by atoms with E-state index in [1.54, 1.807) is 13.4 Å². The summed E-state index contributed by atoms with van der Waals surface area (Å²) >= 11 is 0. The van der Waals surface area contributed by atoms with E-state index >= 15 is 0 Å². The predicted octanol–water partition coefficient (Wildman–Crippen LogP) is 1.87. The summed E-state index contributed by atoms with van der Waals surface area (Å²) in [6.07, 6.45) is 2.59. The van der Waals surface area contributed by atoms with E-state index in [0.29, 0.717) is 6.54 Å². The van der Waals surface area contributed by atoms with E-state index in [1.165, 1.54) is 0 Å². The number of methoxy groups -OCH3 is 1. The monoisotopic (exact) mass is 374 g/mol. The number of hydrogen-bond donors (Lipinski definition) is 2. The number of benzene rings is 1. The number of hydrogen-bond acceptors (Lipinski definition) is 5. The average molecular weight is 374 g/mol. The van der Waals surface area contributed by atoms with Crippen LogP contribution in [0.3, 0.4) is 0 Å². The first-order chi connectivity index (χ1) is 13.2. The summed E-state index contributed by atoms with van der Waals surface area (Å²) in [5.41, 5.74) is 0. The van der Waals surface area contributed by atoms with E-state index in [-0.39, 0.29) is 6.10 Å². The fraction of sp³-hybridized carbons (Fsp3) is 0.526. The molecule has 0 saturated heterocycles. The highest BCUT2D eigenvalue weighted by Gasteiger charge is 2.06. The second-order valence-electron chi connectivity index (χ2n) is 6.04. The number of nitrogens with one attached hydrogen (secondary N) is 2. The molecular formula is C19H30N6O2. The third-order valence-electron chi connectivity index (χ3n) is 3.90. The molecule has 0 aliphatic carbocycles. The summed E-state index contributed by atoms with van der Waals surface area (Å²) in [5.74, 6) is 3.37. The summed E-state index contributed by atoms with van der Waals surface area (Å²) < 4.78 is 13.1. The Bertz CT molecular complexity index is 698. The third kappa shape index (κ3) is 6.80. The standard InChI is InChI=1S/C19H30N6O2/c1-5-18-24-23-14-25(18)12-11-21-19(20-6-2)22-13-15(3)27-17-9-7-16(26-4)8-10-17/h7-10,14-15H,5-6,11-13H2,1-4H3,(H2,20,21,22). The Morgan fingerprint density at radius 1 is 1.19 bits per heavy atom. The Morgan fingerprint density at radius 3 is 2.59 bits per heavy atom. The van der Waals surface area contributed by atoms with Gasteiger partial charge >= 0.3 is 0 Å². The van der Waals surface area contributed by atoms with Crippen LogP contribution in [0.4, 0.5) is 0 Å². The van der Waals surface area contributed by atoms with Gasteiger partial charge in [0.15, 0.2) is 5.96 Å². The molecule has 8 nitrogen and oxygen atoms in total. The Labute approximate surface area is 161 Å². The average Bonchev–Trinajstić information content (AvgIpc) is 3.14. The lowest BCUT2D eigenvalue weighted by Gasteiger charge is -2.15. The molecule has 2 N–H and O–H groups in total. The second kappa shape index (κ2) is 11.1. The maximum Gasteiger partial charge on any atom is 0.191 e. The fourth-order valence-electron chi connectivity index (χ4n) is 2.52. The van der Waals surface area contributed by atoms with Gasteiger partial charge in [-0.15, -0.1) is 10.2 Å². The molecule has 148 valence electrons. The van der Waals surface area contributed by atoms with Gasteiger partial charge in [0.1, 0.15) is 29.8 Å². The quantitative estimate of drug-likeness (QED) is 0.488. The largest absolute Gasteiger partial charge is 0.497 e. The minimum absolute atomic E-state index is 0.0432. The van der Waals surface area contributed by atoms with Crippen LogP contribution in [0.5, 0.6) is 11.5 Å². The van der Waals surface area contributed by atoms with Crippen LogP contribution in [0.25, 0.3) is 0 Å². The molecule has 2 rings (SSSR count).